The molecule has 0 heterocycles. The molecule has 0 saturated heterocycles. The zero-order valence-corrected chi connectivity index (χ0v) is 14.9. The van der Waals surface area contributed by atoms with E-state index in [4.69, 9.17) is 11.6 Å². The van der Waals surface area contributed by atoms with E-state index in [0.717, 1.165) is 12.1 Å². The summed E-state index contributed by atoms with van der Waals surface area (Å²) in [6, 6.07) is 8.54. The molecule has 0 aromatic heterocycles. The molecule has 0 radical (unpaired) electrons. The van der Waals surface area contributed by atoms with E-state index >= 15 is 0 Å². The van der Waals surface area contributed by atoms with E-state index in [0.29, 0.717) is 16.8 Å². The molecular formula is C16H14ClF3N2O3S. The fraction of sp³-hybridized carbons (Fsp3) is 0.188. The number of hydrogen-bond acceptors (Lipinski definition) is 3. The highest BCUT2D eigenvalue weighted by atomic mass is 35.5. The number of benzene rings is 2. The molecule has 2 aromatic carbocycles. The molecule has 0 spiro atoms. The molecular weight excluding hydrogens is 393 g/mol. The summed E-state index contributed by atoms with van der Waals surface area (Å²) in [7, 11) is -4.58. The van der Waals surface area contributed by atoms with Crippen LogP contribution in [0, 0.1) is 0 Å². The van der Waals surface area contributed by atoms with E-state index in [9.17, 15) is 26.4 Å². The summed E-state index contributed by atoms with van der Waals surface area (Å²) in [6.45, 7) is 1.22. The van der Waals surface area contributed by atoms with Crippen LogP contribution in [0.5, 0.6) is 0 Å². The quantitative estimate of drug-likeness (QED) is 0.795. The van der Waals surface area contributed by atoms with Crippen molar-refractivity contribution in [3.05, 3.63) is 59.1 Å². The maximum absolute atomic E-state index is 13.0. The van der Waals surface area contributed by atoms with E-state index in [1.165, 1.54) is 25.1 Å². The maximum Gasteiger partial charge on any atom is 0.417 e. The van der Waals surface area contributed by atoms with Crippen LogP contribution in [0.25, 0.3) is 0 Å². The van der Waals surface area contributed by atoms with E-state index in [2.05, 4.69) is 5.32 Å². The van der Waals surface area contributed by atoms with Gasteiger partial charge in [-0.25, -0.2) is 8.42 Å². The van der Waals surface area contributed by atoms with Gasteiger partial charge in [0.25, 0.3) is 0 Å². The lowest BCUT2D eigenvalue weighted by Crippen LogP contribution is -2.42. The van der Waals surface area contributed by atoms with Crippen molar-refractivity contribution in [2.75, 3.05) is 5.32 Å². The molecule has 0 aliphatic carbocycles. The molecule has 0 saturated carbocycles. The largest absolute Gasteiger partial charge is 0.417 e. The Morgan fingerprint density at radius 2 is 1.77 bits per heavy atom. The van der Waals surface area contributed by atoms with Crippen molar-refractivity contribution < 1.29 is 26.4 Å². The highest BCUT2D eigenvalue weighted by Gasteiger charge is 2.37. The monoisotopic (exact) mass is 406 g/mol. The number of hydrogen-bond donors (Lipinski definition) is 2. The van der Waals surface area contributed by atoms with E-state index < -0.39 is 38.6 Å². The van der Waals surface area contributed by atoms with Gasteiger partial charge >= 0.3 is 6.18 Å². The first kappa shape index (κ1) is 20.2. The van der Waals surface area contributed by atoms with Crippen LogP contribution < -0.4 is 10.0 Å². The second-order valence-corrected chi connectivity index (χ2v) is 7.46. The SMILES string of the molecule is CC(NS(=O)(=O)c1ccccc1C(F)(F)F)C(=O)Nc1cccc(Cl)c1. The number of sulfonamides is 1. The van der Waals surface area contributed by atoms with Crippen molar-refractivity contribution in [2.24, 2.45) is 0 Å². The standard InChI is InChI=1S/C16H14ClF3N2O3S/c1-10(15(23)21-12-6-4-5-11(17)9-12)22-26(24,25)14-8-3-2-7-13(14)16(18,19)20/h2-10,22H,1H3,(H,21,23). The molecule has 2 rings (SSSR count). The minimum absolute atomic E-state index is 0.323. The number of anilines is 1. The lowest BCUT2D eigenvalue weighted by atomic mass is 10.2. The summed E-state index contributed by atoms with van der Waals surface area (Å²) in [5.41, 5.74) is -0.987. The number of carbonyl (C=O) groups excluding carboxylic acids is 1. The topological polar surface area (TPSA) is 75.3 Å². The van der Waals surface area contributed by atoms with Gasteiger partial charge in [-0.2, -0.15) is 17.9 Å². The Balaban J connectivity index is 2.20. The lowest BCUT2D eigenvalue weighted by molar-refractivity contribution is -0.139. The number of halogens is 4. The number of carbonyl (C=O) groups is 1. The van der Waals surface area contributed by atoms with Crippen LogP contribution in [0.1, 0.15) is 12.5 Å². The number of alkyl halides is 3. The first-order valence-electron chi connectivity index (χ1n) is 7.26. The van der Waals surface area contributed by atoms with E-state index in [1.807, 2.05) is 4.72 Å². The van der Waals surface area contributed by atoms with Crippen LogP contribution in [0.15, 0.2) is 53.4 Å². The molecule has 2 N–H and O–H groups in total. The zero-order chi connectivity index (χ0) is 19.5. The van der Waals surface area contributed by atoms with Crippen LogP contribution >= 0.6 is 11.6 Å². The van der Waals surface area contributed by atoms with Gasteiger partial charge < -0.3 is 5.32 Å². The summed E-state index contributed by atoms with van der Waals surface area (Å²) in [5.74, 6) is -0.750. The lowest BCUT2D eigenvalue weighted by Gasteiger charge is -2.17. The third-order valence-electron chi connectivity index (χ3n) is 3.30. The molecule has 5 nitrogen and oxygen atoms in total. The fourth-order valence-electron chi connectivity index (χ4n) is 2.10. The normalized spacial score (nSPS) is 13.3. The van der Waals surface area contributed by atoms with E-state index in [-0.39, 0.29) is 0 Å². The zero-order valence-electron chi connectivity index (χ0n) is 13.3. The predicted octanol–water partition coefficient (Wildman–Crippen LogP) is 3.66. The highest BCUT2D eigenvalue weighted by Crippen LogP contribution is 2.33. The smallest absolute Gasteiger partial charge is 0.325 e. The van der Waals surface area contributed by atoms with Gasteiger partial charge in [-0.1, -0.05) is 29.8 Å². The Morgan fingerprint density at radius 3 is 2.38 bits per heavy atom. The molecule has 0 aliphatic rings. The van der Waals surface area contributed by atoms with Gasteiger partial charge in [-0.3, -0.25) is 4.79 Å². The minimum atomic E-state index is -4.85. The van der Waals surface area contributed by atoms with Crippen molar-refractivity contribution in [1.29, 1.82) is 0 Å². The molecule has 0 aliphatic heterocycles. The number of rotatable bonds is 5. The molecule has 2 aromatic rings. The summed E-state index contributed by atoms with van der Waals surface area (Å²) >= 11 is 5.79. The maximum atomic E-state index is 13.0. The second kappa shape index (κ2) is 7.65. The van der Waals surface area contributed by atoms with Gasteiger partial charge in [-0.15, -0.1) is 0 Å². The van der Waals surface area contributed by atoms with Gasteiger partial charge in [0.2, 0.25) is 15.9 Å². The van der Waals surface area contributed by atoms with Crippen LogP contribution in [0.3, 0.4) is 0 Å². The third kappa shape index (κ3) is 4.96. The van der Waals surface area contributed by atoms with Crippen LogP contribution in [0.4, 0.5) is 18.9 Å². The molecule has 1 amide bonds. The van der Waals surface area contributed by atoms with Gasteiger partial charge in [0.1, 0.15) is 0 Å². The van der Waals surface area contributed by atoms with Gasteiger partial charge in [0.05, 0.1) is 16.5 Å². The molecule has 140 valence electrons. The first-order chi connectivity index (χ1) is 12.0. The molecule has 0 bridgehead atoms. The number of nitrogens with one attached hydrogen (secondary N) is 2. The number of amides is 1. The average Bonchev–Trinajstić information content (AvgIpc) is 2.53. The van der Waals surface area contributed by atoms with Crippen LogP contribution in [-0.2, 0) is 21.0 Å². The third-order valence-corrected chi connectivity index (χ3v) is 5.13. The summed E-state index contributed by atoms with van der Waals surface area (Å²) in [5, 5.41) is 2.79. The summed E-state index contributed by atoms with van der Waals surface area (Å²) < 4.78 is 65.6. The highest BCUT2D eigenvalue weighted by molar-refractivity contribution is 7.89. The van der Waals surface area contributed by atoms with Crippen LogP contribution in [-0.4, -0.2) is 20.4 Å². The predicted molar refractivity (Wildman–Crippen MR) is 91.3 cm³/mol. The Bertz CT molecular complexity index is 917. The fourth-order valence-corrected chi connectivity index (χ4v) is 3.72. The van der Waals surface area contributed by atoms with Crippen molar-refractivity contribution >= 4 is 33.2 Å². The Labute approximate surface area is 153 Å². The average molecular weight is 407 g/mol. The molecule has 1 atom stereocenters. The molecule has 26 heavy (non-hydrogen) atoms. The summed E-state index contributed by atoms with van der Waals surface area (Å²) in [6.07, 6.45) is -4.85. The van der Waals surface area contributed by atoms with Gasteiger partial charge in [-0.05, 0) is 37.3 Å². The molecule has 0 fully saturated rings. The van der Waals surface area contributed by atoms with Crippen LogP contribution in [0.2, 0.25) is 5.02 Å². The van der Waals surface area contributed by atoms with E-state index in [1.54, 1.807) is 12.1 Å². The van der Waals surface area contributed by atoms with Crippen molar-refractivity contribution in [3.8, 4) is 0 Å². The molecule has 1 unspecified atom stereocenters. The van der Waals surface area contributed by atoms with Gasteiger partial charge in [0.15, 0.2) is 0 Å². The van der Waals surface area contributed by atoms with Crippen molar-refractivity contribution in [3.63, 3.8) is 0 Å². The van der Waals surface area contributed by atoms with Crippen molar-refractivity contribution in [2.45, 2.75) is 24.0 Å². The van der Waals surface area contributed by atoms with Gasteiger partial charge in [0, 0.05) is 10.7 Å². The Kier molecular flexibility index (Phi) is 5.94. The second-order valence-electron chi connectivity index (χ2n) is 5.34. The van der Waals surface area contributed by atoms with Crippen molar-refractivity contribution in [1.82, 2.24) is 4.72 Å². The minimum Gasteiger partial charge on any atom is -0.325 e. The molecule has 10 heteroatoms. The first-order valence-corrected chi connectivity index (χ1v) is 9.12. The Morgan fingerprint density at radius 1 is 1.12 bits per heavy atom. The Hall–Kier alpha value is -2.10. The summed E-state index contributed by atoms with van der Waals surface area (Å²) in [4.78, 5) is 11.2.